The lowest BCUT2D eigenvalue weighted by Crippen LogP contribution is -2.20. The quantitative estimate of drug-likeness (QED) is 0.361. The summed E-state index contributed by atoms with van der Waals surface area (Å²) in [7, 11) is 0. The van der Waals surface area contributed by atoms with Gasteiger partial charge in [0, 0.05) is 6.42 Å². The van der Waals surface area contributed by atoms with Crippen LogP contribution in [-0.4, -0.2) is 12.2 Å². The third-order valence-electron chi connectivity index (χ3n) is 1.99. The van der Waals surface area contributed by atoms with Gasteiger partial charge in [0.05, 0.1) is 6.61 Å². The summed E-state index contributed by atoms with van der Waals surface area (Å²) in [5.41, 5.74) is -0.0139. The maximum absolute atomic E-state index is 5.11. The zero-order valence-corrected chi connectivity index (χ0v) is 5.30. The second-order valence-corrected chi connectivity index (χ2v) is 2.66. The Morgan fingerprint density at radius 2 is 2.33 bits per heavy atom. The molecule has 0 radical (unpaired) electrons. The smallest absolute Gasteiger partial charge is 0.124 e. The van der Waals surface area contributed by atoms with Crippen LogP contribution in [0.3, 0.4) is 0 Å². The lowest BCUT2D eigenvalue weighted by molar-refractivity contribution is -0.295. The minimum Gasteiger partial charge on any atom is -0.236 e. The molecule has 9 heavy (non-hydrogen) atoms. The van der Waals surface area contributed by atoms with Crippen LogP contribution in [-0.2, 0) is 9.78 Å². The summed E-state index contributed by atoms with van der Waals surface area (Å²) in [5, 5.41) is 0. The molecule has 2 aliphatic rings. The summed E-state index contributed by atoms with van der Waals surface area (Å²) in [5.74, 6) is 0. The van der Waals surface area contributed by atoms with Gasteiger partial charge in [0.1, 0.15) is 5.60 Å². The molecular weight excluding hydrogens is 116 g/mol. The van der Waals surface area contributed by atoms with Gasteiger partial charge >= 0.3 is 0 Å². The van der Waals surface area contributed by atoms with Gasteiger partial charge in [-0.05, 0) is 12.8 Å². The van der Waals surface area contributed by atoms with Crippen LogP contribution in [0, 0.1) is 0 Å². The van der Waals surface area contributed by atoms with Crippen LogP contribution in [0.4, 0.5) is 0 Å². The van der Waals surface area contributed by atoms with E-state index in [0.29, 0.717) is 0 Å². The molecule has 2 heteroatoms. The van der Waals surface area contributed by atoms with Gasteiger partial charge in [-0.25, -0.2) is 9.78 Å². The minimum atomic E-state index is -0.0139. The third kappa shape index (κ3) is 0.787. The third-order valence-corrected chi connectivity index (χ3v) is 1.99. The average Bonchev–Trinajstić information content (AvgIpc) is 2.45. The Balaban J connectivity index is 2.13. The van der Waals surface area contributed by atoms with E-state index < -0.39 is 0 Å². The molecule has 2 rings (SSSR count). The Morgan fingerprint density at radius 3 is 2.89 bits per heavy atom. The highest BCUT2D eigenvalue weighted by Crippen LogP contribution is 2.34. The fourth-order valence-corrected chi connectivity index (χ4v) is 1.40. The predicted molar refractivity (Wildman–Crippen MR) is 32.8 cm³/mol. The first-order valence-corrected chi connectivity index (χ1v) is 3.40. The van der Waals surface area contributed by atoms with Crippen LogP contribution < -0.4 is 0 Å². The van der Waals surface area contributed by atoms with Crippen LogP contribution in [0.25, 0.3) is 0 Å². The Morgan fingerprint density at radius 1 is 1.33 bits per heavy atom. The largest absolute Gasteiger partial charge is 0.236 e. The molecule has 0 aromatic carbocycles. The molecule has 1 heterocycles. The van der Waals surface area contributed by atoms with Gasteiger partial charge in [-0.2, -0.15) is 0 Å². The lowest BCUT2D eigenvalue weighted by atomic mass is 10.0. The van der Waals surface area contributed by atoms with Crippen molar-refractivity contribution in [1.29, 1.82) is 0 Å². The highest BCUT2D eigenvalue weighted by molar-refractivity contribution is 5.09. The first-order chi connectivity index (χ1) is 4.41. The van der Waals surface area contributed by atoms with Gasteiger partial charge < -0.3 is 0 Å². The minimum absolute atomic E-state index is 0.0139. The molecular formula is C7H10O2. The van der Waals surface area contributed by atoms with Gasteiger partial charge in [-0.3, -0.25) is 0 Å². The molecule has 0 aromatic rings. The van der Waals surface area contributed by atoms with Crippen LogP contribution in [0.15, 0.2) is 12.2 Å². The fraction of sp³-hybridized carbons (Fsp3) is 0.714. The molecule has 0 amide bonds. The Labute approximate surface area is 54.4 Å². The van der Waals surface area contributed by atoms with E-state index in [9.17, 15) is 0 Å². The molecule has 1 atom stereocenters. The molecule has 0 bridgehead atoms. The van der Waals surface area contributed by atoms with Gasteiger partial charge in [-0.1, -0.05) is 12.2 Å². The van der Waals surface area contributed by atoms with Gasteiger partial charge in [0.25, 0.3) is 0 Å². The van der Waals surface area contributed by atoms with E-state index in [1.54, 1.807) is 0 Å². The predicted octanol–water partition coefficient (Wildman–Crippen LogP) is 1.43. The van der Waals surface area contributed by atoms with Crippen molar-refractivity contribution in [2.45, 2.75) is 24.9 Å². The van der Waals surface area contributed by atoms with E-state index in [-0.39, 0.29) is 5.60 Å². The van der Waals surface area contributed by atoms with Crippen LogP contribution in [0.2, 0.25) is 0 Å². The summed E-state index contributed by atoms with van der Waals surface area (Å²) in [6, 6.07) is 0. The first kappa shape index (κ1) is 5.45. The van der Waals surface area contributed by atoms with Gasteiger partial charge in [-0.15, -0.1) is 0 Å². The van der Waals surface area contributed by atoms with Crippen molar-refractivity contribution in [1.82, 2.24) is 0 Å². The number of allylic oxidation sites excluding steroid dienone is 1. The summed E-state index contributed by atoms with van der Waals surface area (Å²) < 4.78 is 0. The molecule has 1 unspecified atom stereocenters. The first-order valence-electron chi connectivity index (χ1n) is 3.40. The second kappa shape index (κ2) is 1.82. The zero-order chi connectivity index (χ0) is 6.16. The zero-order valence-electron chi connectivity index (χ0n) is 5.30. The number of hydrogen-bond donors (Lipinski definition) is 0. The van der Waals surface area contributed by atoms with E-state index >= 15 is 0 Å². The lowest BCUT2D eigenvalue weighted by Gasteiger charge is -2.14. The highest BCUT2D eigenvalue weighted by Gasteiger charge is 2.36. The Kier molecular flexibility index (Phi) is 1.10. The Bertz CT molecular complexity index is 134. The van der Waals surface area contributed by atoms with Crippen LogP contribution in [0.1, 0.15) is 19.3 Å². The molecule has 1 aliphatic carbocycles. The summed E-state index contributed by atoms with van der Waals surface area (Å²) in [6.07, 6.45) is 7.56. The number of hydrogen-bond acceptors (Lipinski definition) is 2. The summed E-state index contributed by atoms with van der Waals surface area (Å²) >= 11 is 0. The van der Waals surface area contributed by atoms with E-state index in [4.69, 9.17) is 9.78 Å². The fourth-order valence-electron chi connectivity index (χ4n) is 1.40. The van der Waals surface area contributed by atoms with Crippen LogP contribution in [0.5, 0.6) is 0 Å². The SMILES string of the molecule is C1=CC2(CC1)CCOO2. The van der Waals surface area contributed by atoms with Gasteiger partial charge in [0.2, 0.25) is 0 Å². The van der Waals surface area contributed by atoms with Crippen molar-refractivity contribution in [3.05, 3.63) is 12.2 Å². The number of rotatable bonds is 0. The summed E-state index contributed by atoms with van der Waals surface area (Å²) in [6.45, 7) is 0.754. The molecule has 0 saturated carbocycles. The Hall–Kier alpha value is -0.340. The van der Waals surface area contributed by atoms with E-state index in [2.05, 4.69) is 12.2 Å². The van der Waals surface area contributed by atoms with Crippen molar-refractivity contribution in [3.63, 3.8) is 0 Å². The van der Waals surface area contributed by atoms with E-state index in [0.717, 1.165) is 25.9 Å². The average molecular weight is 126 g/mol. The monoisotopic (exact) mass is 126 g/mol. The van der Waals surface area contributed by atoms with E-state index in [1.165, 1.54) is 0 Å². The maximum Gasteiger partial charge on any atom is 0.124 e. The normalized spacial score (nSPS) is 40.9. The van der Waals surface area contributed by atoms with Crippen molar-refractivity contribution >= 4 is 0 Å². The van der Waals surface area contributed by atoms with Crippen molar-refractivity contribution in [2.24, 2.45) is 0 Å². The van der Waals surface area contributed by atoms with Crippen LogP contribution >= 0.6 is 0 Å². The van der Waals surface area contributed by atoms with Crippen molar-refractivity contribution < 1.29 is 9.78 Å². The molecule has 0 aromatic heterocycles. The van der Waals surface area contributed by atoms with E-state index in [1.807, 2.05) is 0 Å². The summed E-state index contributed by atoms with van der Waals surface area (Å²) in [4.78, 5) is 9.95. The molecule has 0 N–H and O–H groups in total. The van der Waals surface area contributed by atoms with Crippen molar-refractivity contribution in [3.8, 4) is 0 Å². The molecule has 2 nitrogen and oxygen atoms in total. The van der Waals surface area contributed by atoms with Gasteiger partial charge in [0.15, 0.2) is 0 Å². The standard InChI is InChI=1S/C7H10O2/c1-2-4-7(3-1)5-6-8-9-7/h1,3H,2,4-6H2. The molecule has 1 aliphatic heterocycles. The highest BCUT2D eigenvalue weighted by atomic mass is 17.2. The molecule has 1 spiro atoms. The van der Waals surface area contributed by atoms with Crippen molar-refractivity contribution in [2.75, 3.05) is 6.61 Å². The molecule has 1 fully saturated rings. The molecule has 1 saturated heterocycles. The second-order valence-electron chi connectivity index (χ2n) is 2.66. The maximum atomic E-state index is 5.11. The topological polar surface area (TPSA) is 18.5 Å². The molecule has 50 valence electrons.